The van der Waals surface area contributed by atoms with Crippen molar-refractivity contribution >= 4 is 23.4 Å². The van der Waals surface area contributed by atoms with E-state index in [0.29, 0.717) is 28.2 Å². The highest BCUT2D eigenvalue weighted by atomic mass is 32.2. The van der Waals surface area contributed by atoms with E-state index in [1.807, 2.05) is 67.9 Å². The van der Waals surface area contributed by atoms with Crippen LogP contribution in [-0.4, -0.2) is 40.6 Å². The zero-order valence-electron chi connectivity index (χ0n) is 18.2. The van der Waals surface area contributed by atoms with Gasteiger partial charge in [-0.15, -0.1) is 10.2 Å². The summed E-state index contributed by atoms with van der Waals surface area (Å²) in [5, 5.41) is 12.0. The molecule has 0 saturated carbocycles. The van der Waals surface area contributed by atoms with Gasteiger partial charge in [0.2, 0.25) is 5.91 Å². The van der Waals surface area contributed by atoms with Crippen LogP contribution in [0.5, 0.6) is 17.2 Å². The minimum Gasteiger partial charge on any atom is -0.497 e. The van der Waals surface area contributed by atoms with Gasteiger partial charge in [0.25, 0.3) is 0 Å². The molecule has 1 atom stereocenters. The van der Waals surface area contributed by atoms with Crippen molar-refractivity contribution in [2.45, 2.75) is 25.1 Å². The van der Waals surface area contributed by atoms with Gasteiger partial charge in [0, 0.05) is 13.1 Å². The van der Waals surface area contributed by atoms with Crippen LogP contribution in [0.4, 0.5) is 5.69 Å². The van der Waals surface area contributed by atoms with Crippen LogP contribution in [-0.2, 0) is 11.8 Å². The third-order valence-electron chi connectivity index (χ3n) is 4.55. The topological polar surface area (TPSA) is 87.5 Å². The number of thioether (sulfide) groups is 1. The van der Waals surface area contributed by atoms with Crippen LogP contribution in [0.3, 0.4) is 0 Å². The molecule has 0 aliphatic heterocycles. The van der Waals surface area contributed by atoms with E-state index >= 15 is 0 Å². The number of carbonyl (C=O) groups is 1. The van der Waals surface area contributed by atoms with Crippen molar-refractivity contribution in [2.75, 3.05) is 25.3 Å². The number of ether oxygens (including phenoxy) is 3. The first-order chi connectivity index (χ1) is 14.9. The van der Waals surface area contributed by atoms with Crippen molar-refractivity contribution in [3.63, 3.8) is 0 Å². The maximum absolute atomic E-state index is 12.4. The van der Waals surface area contributed by atoms with Gasteiger partial charge in [-0.2, -0.15) is 0 Å². The van der Waals surface area contributed by atoms with Crippen molar-refractivity contribution in [3.8, 4) is 17.2 Å². The fourth-order valence-electron chi connectivity index (χ4n) is 2.97. The summed E-state index contributed by atoms with van der Waals surface area (Å²) in [6.07, 6.45) is -0.329. The lowest BCUT2D eigenvalue weighted by molar-refractivity contribution is -0.113. The number of aromatic nitrogens is 3. The number of benzene rings is 2. The summed E-state index contributed by atoms with van der Waals surface area (Å²) >= 11 is 1.30. The van der Waals surface area contributed by atoms with E-state index in [-0.39, 0.29) is 17.8 Å². The Morgan fingerprint density at radius 2 is 1.90 bits per heavy atom. The van der Waals surface area contributed by atoms with Crippen molar-refractivity contribution in [3.05, 3.63) is 53.9 Å². The van der Waals surface area contributed by atoms with Crippen molar-refractivity contribution in [2.24, 2.45) is 7.05 Å². The van der Waals surface area contributed by atoms with Crippen LogP contribution in [0.25, 0.3) is 0 Å². The molecule has 0 aliphatic carbocycles. The minimum absolute atomic E-state index is 0.154. The quantitative estimate of drug-likeness (QED) is 0.501. The van der Waals surface area contributed by atoms with E-state index in [9.17, 15) is 4.79 Å². The molecule has 0 saturated heterocycles. The number of hydrogen-bond donors (Lipinski definition) is 1. The zero-order valence-corrected chi connectivity index (χ0v) is 19.0. The van der Waals surface area contributed by atoms with E-state index in [1.165, 1.54) is 11.8 Å². The van der Waals surface area contributed by atoms with Crippen molar-refractivity contribution in [1.82, 2.24) is 14.8 Å². The van der Waals surface area contributed by atoms with Crippen molar-refractivity contribution in [1.29, 1.82) is 0 Å². The van der Waals surface area contributed by atoms with Gasteiger partial charge in [-0.05, 0) is 43.7 Å². The fourth-order valence-corrected chi connectivity index (χ4v) is 3.69. The molecule has 0 bridgehead atoms. The Bertz CT molecular complexity index is 1050. The maximum Gasteiger partial charge on any atom is 0.234 e. The molecular weight excluding hydrogens is 416 g/mol. The molecule has 0 radical (unpaired) electrons. The van der Waals surface area contributed by atoms with E-state index in [2.05, 4.69) is 15.5 Å². The van der Waals surface area contributed by atoms with Crippen LogP contribution >= 0.6 is 11.8 Å². The number of rotatable bonds is 9. The molecule has 1 amide bonds. The molecule has 3 aromatic rings. The van der Waals surface area contributed by atoms with Crippen LogP contribution in [0.2, 0.25) is 0 Å². The number of amides is 1. The van der Waals surface area contributed by atoms with Gasteiger partial charge in [0.1, 0.15) is 17.2 Å². The Labute approximate surface area is 185 Å². The summed E-state index contributed by atoms with van der Waals surface area (Å²) in [5.74, 6) is 2.71. The molecule has 0 spiro atoms. The van der Waals surface area contributed by atoms with E-state index in [0.717, 1.165) is 11.3 Å². The highest BCUT2D eigenvalue weighted by Gasteiger charge is 2.18. The van der Waals surface area contributed by atoms with Gasteiger partial charge in [0.05, 0.1) is 25.7 Å². The first-order valence-electron chi connectivity index (χ1n) is 9.68. The molecule has 9 heteroatoms. The minimum atomic E-state index is -0.329. The van der Waals surface area contributed by atoms with Gasteiger partial charge in [-0.1, -0.05) is 23.9 Å². The van der Waals surface area contributed by atoms with Gasteiger partial charge >= 0.3 is 0 Å². The van der Waals surface area contributed by atoms with Gasteiger partial charge < -0.3 is 24.1 Å². The lowest BCUT2D eigenvalue weighted by Gasteiger charge is -2.15. The normalized spacial score (nSPS) is 11.6. The maximum atomic E-state index is 12.4. The van der Waals surface area contributed by atoms with Gasteiger partial charge in [-0.25, -0.2) is 0 Å². The number of aryl methyl sites for hydroxylation is 1. The van der Waals surface area contributed by atoms with Gasteiger partial charge in [0.15, 0.2) is 17.1 Å². The van der Waals surface area contributed by atoms with Crippen LogP contribution in [0.1, 0.15) is 24.4 Å². The molecule has 3 rings (SSSR count). The first-order valence-corrected chi connectivity index (χ1v) is 10.7. The fraction of sp³-hybridized carbons (Fsp3) is 0.318. The molecule has 164 valence electrons. The summed E-state index contributed by atoms with van der Waals surface area (Å²) < 4.78 is 18.3. The number of nitrogens with zero attached hydrogens (tertiary/aromatic N) is 3. The summed E-state index contributed by atoms with van der Waals surface area (Å²) in [7, 11) is 5.04. The lowest BCUT2D eigenvalue weighted by atomic mass is 10.2. The molecule has 1 unspecified atom stereocenters. The SMILES string of the molecule is COc1cccc(OC(C)c2nnc(SCC(=O)Nc3cc(C)ccc3OC)n2C)c1. The number of carbonyl (C=O) groups excluding carboxylic acids is 1. The average molecular weight is 443 g/mol. The second kappa shape index (κ2) is 10.2. The van der Waals surface area contributed by atoms with Crippen LogP contribution in [0.15, 0.2) is 47.6 Å². The monoisotopic (exact) mass is 442 g/mol. The van der Waals surface area contributed by atoms with Gasteiger partial charge in [-0.3, -0.25) is 4.79 Å². The third-order valence-corrected chi connectivity index (χ3v) is 5.57. The highest BCUT2D eigenvalue weighted by molar-refractivity contribution is 7.99. The summed E-state index contributed by atoms with van der Waals surface area (Å²) in [6.45, 7) is 3.86. The van der Waals surface area contributed by atoms with E-state index in [1.54, 1.807) is 14.2 Å². The second-order valence-electron chi connectivity index (χ2n) is 6.88. The number of methoxy groups -OCH3 is 2. The Morgan fingerprint density at radius 1 is 1.13 bits per heavy atom. The predicted octanol–water partition coefficient (Wildman–Crippen LogP) is 4.01. The van der Waals surface area contributed by atoms with Crippen LogP contribution in [0, 0.1) is 6.92 Å². The third kappa shape index (κ3) is 5.69. The molecule has 31 heavy (non-hydrogen) atoms. The summed E-state index contributed by atoms with van der Waals surface area (Å²) in [6, 6.07) is 13.0. The molecular formula is C22H26N4O4S. The summed E-state index contributed by atoms with van der Waals surface area (Å²) in [5.41, 5.74) is 1.68. The molecule has 1 aromatic heterocycles. The largest absolute Gasteiger partial charge is 0.497 e. The Hall–Kier alpha value is -3.20. The Balaban J connectivity index is 1.61. The molecule has 2 aromatic carbocycles. The highest BCUT2D eigenvalue weighted by Crippen LogP contribution is 2.27. The standard InChI is InChI=1S/C22H26N4O4S/c1-14-9-10-19(29-5)18(11-14)23-20(27)13-31-22-25-24-21(26(22)3)15(2)30-17-8-6-7-16(12-17)28-4/h6-12,15H,13H2,1-5H3,(H,23,27). The smallest absolute Gasteiger partial charge is 0.234 e. The number of hydrogen-bond acceptors (Lipinski definition) is 7. The molecule has 1 heterocycles. The van der Waals surface area contributed by atoms with E-state index < -0.39 is 0 Å². The Kier molecular flexibility index (Phi) is 7.41. The number of nitrogens with one attached hydrogen (secondary N) is 1. The van der Waals surface area contributed by atoms with E-state index in [4.69, 9.17) is 14.2 Å². The molecule has 1 N–H and O–H groups in total. The predicted molar refractivity (Wildman–Crippen MR) is 120 cm³/mol. The zero-order chi connectivity index (χ0) is 22.4. The molecule has 8 nitrogen and oxygen atoms in total. The summed E-state index contributed by atoms with van der Waals surface area (Å²) in [4.78, 5) is 12.4. The van der Waals surface area contributed by atoms with Crippen molar-refractivity contribution < 1.29 is 19.0 Å². The first kappa shape index (κ1) is 22.5. The molecule has 0 fully saturated rings. The molecule has 0 aliphatic rings. The van der Waals surface area contributed by atoms with Crippen LogP contribution < -0.4 is 19.5 Å². The Morgan fingerprint density at radius 3 is 2.65 bits per heavy atom. The lowest BCUT2D eigenvalue weighted by Crippen LogP contribution is -2.15. The average Bonchev–Trinajstić information content (AvgIpc) is 3.13. The second-order valence-corrected chi connectivity index (χ2v) is 7.82. The number of anilines is 1.